The minimum atomic E-state index is -0.208. The molecule has 0 radical (unpaired) electrons. The van der Waals surface area contributed by atoms with Crippen LogP contribution in [-0.4, -0.2) is 5.78 Å². The van der Waals surface area contributed by atoms with Gasteiger partial charge in [-0.3, -0.25) is 4.79 Å². The van der Waals surface area contributed by atoms with Gasteiger partial charge in [0, 0.05) is 10.6 Å². The number of carbonyl (C=O) groups is 1. The van der Waals surface area contributed by atoms with Crippen LogP contribution in [0.25, 0.3) is 17.4 Å². The Morgan fingerprint density at radius 3 is 2.76 bits per heavy atom. The second-order valence-corrected chi connectivity index (χ2v) is 4.82. The molecule has 2 heterocycles. The molecule has 0 bridgehead atoms. The van der Waals surface area contributed by atoms with Gasteiger partial charge in [-0.1, -0.05) is 23.7 Å². The maximum absolute atomic E-state index is 11.8. The Morgan fingerprint density at radius 1 is 1.10 bits per heavy atom. The van der Waals surface area contributed by atoms with Crippen LogP contribution in [0.2, 0.25) is 5.02 Å². The highest BCUT2D eigenvalue weighted by molar-refractivity contribution is 6.30. The molecule has 21 heavy (non-hydrogen) atoms. The summed E-state index contributed by atoms with van der Waals surface area (Å²) < 4.78 is 10.7. The van der Waals surface area contributed by atoms with E-state index in [4.69, 9.17) is 20.4 Å². The van der Waals surface area contributed by atoms with Crippen molar-refractivity contribution in [1.29, 1.82) is 0 Å². The molecule has 2 aromatic heterocycles. The molecule has 0 aliphatic carbocycles. The summed E-state index contributed by atoms with van der Waals surface area (Å²) in [6.45, 7) is 0. The summed E-state index contributed by atoms with van der Waals surface area (Å²) in [5.74, 6) is 1.38. The minimum absolute atomic E-state index is 0.208. The maximum atomic E-state index is 11.8. The number of hydrogen-bond acceptors (Lipinski definition) is 3. The van der Waals surface area contributed by atoms with E-state index in [2.05, 4.69) is 0 Å². The van der Waals surface area contributed by atoms with Crippen LogP contribution in [0, 0.1) is 0 Å². The van der Waals surface area contributed by atoms with E-state index in [1.807, 2.05) is 24.3 Å². The van der Waals surface area contributed by atoms with Crippen molar-refractivity contribution in [2.75, 3.05) is 0 Å². The number of rotatable bonds is 4. The van der Waals surface area contributed by atoms with E-state index in [9.17, 15) is 4.79 Å². The maximum Gasteiger partial charge on any atom is 0.221 e. The van der Waals surface area contributed by atoms with Crippen molar-refractivity contribution in [2.45, 2.75) is 0 Å². The van der Waals surface area contributed by atoms with Crippen molar-refractivity contribution < 1.29 is 13.6 Å². The summed E-state index contributed by atoms with van der Waals surface area (Å²) in [6.07, 6.45) is 4.49. The predicted molar refractivity (Wildman–Crippen MR) is 81.2 cm³/mol. The number of furan rings is 2. The van der Waals surface area contributed by atoms with E-state index in [1.165, 1.54) is 12.3 Å². The summed E-state index contributed by atoms with van der Waals surface area (Å²) in [5, 5.41) is 0.647. The molecule has 3 rings (SSSR count). The summed E-state index contributed by atoms with van der Waals surface area (Å²) in [7, 11) is 0. The molecule has 0 saturated heterocycles. The van der Waals surface area contributed by atoms with Gasteiger partial charge in [-0.25, -0.2) is 0 Å². The molecule has 0 atom stereocenters. The van der Waals surface area contributed by atoms with E-state index in [-0.39, 0.29) is 5.78 Å². The molecule has 104 valence electrons. The van der Waals surface area contributed by atoms with E-state index < -0.39 is 0 Å². The first-order valence-electron chi connectivity index (χ1n) is 6.34. The SMILES string of the molecule is O=C(C=Cc1ccc(-c2cccc(Cl)c2)o1)c1ccco1. The Bertz CT molecular complexity index is 782. The Labute approximate surface area is 126 Å². The van der Waals surface area contributed by atoms with Gasteiger partial charge in [0.05, 0.1) is 6.26 Å². The molecule has 0 fully saturated rings. The second-order valence-electron chi connectivity index (χ2n) is 4.39. The van der Waals surface area contributed by atoms with Gasteiger partial charge >= 0.3 is 0 Å². The zero-order valence-corrected chi connectivity index (χ0v) is 11.7. The molecule has 0 amide bonds. The first kappa shape index (κ1) is 13.5. The van der Waals surface area contributed by atoms with Crippen LogP contribution in [-0.2, 0) is 0 Å². The molecule has 0 spiro atoms. The van der Waals surface area contributed by atoms with Crippen molar-refractivity contribution in [2.24, 2.45) is 0 Å². The van der Waals surface area contributed by atoms with Crippen molar-refractivity contribution in [3.8, 4) is 11.3 Å². The van der Waals surface area contributed by atoms with Crippen molar-refractivity contribution in [3.05, 3.63) is 77.4 Å². The molecule has 0 unspecified atom stereocenters. The third-order valence-electron chi connectivity index (χ3n) is 2.90. The Kier molecular flexibility index (Phi) is 3.75. The molecule has 3 aromatic rings. The van der Waals surface area contributed by atoms with E-state index in [1.54, 1.807) is 30.3 Å². The molecule has 0 saturated carbocycles. The van der Waals surface area contributed by atoms with Gasteiger partial charge in [0.1, 0.15) is 11.5 Å². The summed E-state index contributed by atoms with van der Waals surface area (Å²) in [6, 6.07) is 14.3. The molecule has 0 aliphatic rings. The van der Waals surface area contributed by atoms with Crippen LogP contribution in [0.1, 0.15) is 16.3 Å². The van der Waals surface area contributed by atoms with Crippen LogP contribution < -0.4 is 0 Å². The lowest BCUT2D eigenvalue weighted by Gasteiger charge is -1.96. The number of ketones is 1. The number of hydrogen-bond donors (Lipinski definition) is 0. The van der Waals surface area contributed by atoms with Crippen molar-refractivity contribution >= 4 is 23.5 Å². The molecule has 3 nitrogen and oxygen atoms in total. The number of carbonyl (C=O) groups excluding carboxylic acids is 1. The Hall–Kier alpha value is -2.52. The fraction of sp³-hybridized carbons (Fsp3) is 0. The van der Waals surface area contributed by atoms with Crippen LogP contribution in [0.15, 0.2) is 69.7 Å². The molecule has 1 aromatic carbocycles. The van der Waals surface area contributed by atoms with E-state index >= 15 is 0 Å². The van der Waals surface area contributed by atoms with Gasteiger partial charge in [0.15, 0.2) is 5.76 Å². The second kappa shape index (κ2) is 5.85. The molecular weight excluding hydrogens is 288 g/mol. The zero-order chi connectivity index (χ0) is 14.7. The van der Waals surface area contributed by atoms with Gasteiger partial charge in [-0.15, -0.1) is 0 Å². The topological polar surface area (TPSA) is 43.4 Å². The normalized spacial score (nSPS) is 11.1. The summed E-state index contributed by atoms with van der Waals surface area (Å²) >= 11 is 5.95. The monoisotopic (exact) mass is 298 g/mol. The standard InChI is InChI=1S/C17H11ClO3/c18-13-4-1-3-12(11-13)16-9-7-14(21-16)6-8-15(19)17-5-2-10-20-17/h1-11H. The summed E-state index contributed by atoms with van der Waals surface area (Å²) in [5.41, 5.74) is 0.888. The molecule has 0 aliphatic heterocycles. The third kappa shape index (κ3) is 3.15. The van der Waals surface area contributed by atoms with Crippen LogP contribution in [0.5, 0.6) is 0 Å². The highest BCUT2D eigenvalue weighted by Crippen LogP contribution is 2.25. The lowest BCUT2D eigenvalue weighted by Crippen LogP contribution is -1.89. The van der Waals surface area contributed by atoms with Gasteiger partial charge in [0.2, 0.25) is 5.78 Å². The summed E-state index contributed by atoms with van der Waals surface area (Å²) in [4.78, 5) is 11.8. The van der Waals surface area contributed by atoms with Gasteiger partial charge < -0.3 is 8.83 Å². The van der Waals surface area contributed by atoms with E-state index in [0.29, 0.717) is 22.3 Å². The molecule has 4 heteroatoms. The average molecular weight is 299 g/mol. The smallest absolute Gasteiger partial charge is 0.221 e. The van der Waals surface area contributed by atoms with Gasteiger partial charge in [-0.2, -0.15) is 0 Å². The predicted octanol–water partition coefficient (Wildman–Crippen LogP) is 5.09. The fourth-order valence-corrected chi connectivity index (χ4v) is 2.09. The van der Waals surface area contributed by atoms with Gasteiger partial charge in [0.25, 0.3) is 0 Å². The molecule has 0 N–H and O–H groups in total. The fourth-order valence-electron chi connectivity index (χ4n) is 1.90. The van der Waals surface area contributed by atoms with Gasteiger partial charge in [-0.05, 0) is 48.6 Å². The lowest BCUT2D eigenvalue weighted by atomic mass is 10.2. The average Bonchev–Trinajstić information content (AvgIpc) is 3.16. The largest absolute Gasteiger partial charge is 0.461 e. The van der Waals surface area contributed by atoms with Crippen molar-refractivity contribution in [1.82, 2.24) is 0 Å². The van der Waals surface area contributed by atoms with Crippen molar-refractivity contribution in [3.63, 3.8) is 0 Å². The van der Waals surface area contributed by atoms with Crippen LogP contribution in [0.4, 0.5) is 0 Å². The lowest BCUT2D eigenvalue weighted by molar-refractivity contribution is 0.102. The highest BCUT2D eigenvalue weighted by Gasteiger charge is 2.06. The first-order chi connectivity index (χ1) is 10.2. The Balaban J connectivity index is 1.78. The number of benzene rings is 1. The Morgan fingerprint density at radius 2 is 2.00 bits per heavy atom. The number of allylic oxidation sites excluding steroid dienone is 1. The minimum Gasteiger partial charge on any atom is -0.461 e. The zero-order valence-electron chi connectivity index (χ0n) is 11.0. The molecular formula is C17H11ClO3. The van der Waals surface area contributed by atoms with Crippen LogP contribution >= 0.6 is 11.6 Å². The highest BCUT2D eigenvalue weighted by atomic mass is 35.5. The number of halogens is 1. The quantitative estimate of drug-likeness (QED) is 0.498. The van der Waals surface area contributed by atoms with E-state index in [0.717, 1.165) is 5.56 Å². The first-order valence-corrected chi connectivity index (χ1v) is 6.72. The third-order valence-corrected chi connectivity index (χ3v) is 3.13. The van der Waals surface area contributed by atoms with Crippen LogP contribution in [0.3, 0.4) is 0 Å².